The second-order valence-corrected chi connectivity index (χ2v) is 7.59. The molecule has 4 aromatic rings. The number of nitrogens with one attached hydrogen (secondary N) is 3. The topological polar surface area (TPSA) is 131 Å². The number of nitrogens with two attached hydrogens (primary N) is 1. The molecule has 32 heavy (non-hydrogen) atoms. The van der Waals surface area contributed by atoms with Gasteiger partial charge < -0.3 is 21.7 Å². The number of hydrogen-bond acceptors (Lipinski definition) is 8. The lowest BCUT2D eigenvalue weighted by atomic mass is 10.1. The van der Waals surface area contributed by atoms with E-state index < -0.39 is 0 Å². The first-order valence-corrected chi connectivity index (χ1v) is 10.4. The minimum Gasteiger partial charge on any atom is -0.398 e. The Balaban J connectivity index is 1.47. The molecule has 5 rings (SSSR count). The maximum Gasteiger partial charge on any atom is 0.258 e. The van der Waals surface area contributed by atoms with E-state index in [-0.39, 0.29) is 5.91 Å². The van der Waals surface area contributed by atoms with Gasteiger partial charge in [0.15, 0.2) is 5.82 Å². The highest BCUT2D eigenvalue weighted by atomic mass is 16.1. The van der Waals surface area contributed by atoms with Gasteiger partial charge in [-0.15, -0.1) is 0 Å². The lowest BCUT2D eigenvalue weighted by Crippen LogP contribution is -2.23. The molecule has 1 amide bonds. The number of nitrogens with zero attached hydrogens (tertiary/aromatic N) is 4. The van der Waals surface area contributed by atoms with Crippen LogP contribution in [0.4, 0.5) is 17.3 Å². The van der Waals surface area contributed by atoms with E-state index in [1.165, 1.54) is 0 Å². The molecule has 4 heterocycles. The van der Waals surface area contributed by atoms with Crippen molar-refractivity contribution >= 4 is 34.1 Å². The standard InChI is InChI=1S/C23H22N8O/c24-18-4-2-1-3-16(18)23(32)30-20-11-14(5-10-27-20)21-29-19-13-26-9-7-17(19)22(31-21)28-15-6-8-25-12-15/h1-5,7,9-11,13,15,25H,6,8,12,24H2,(H,27,30,32)(H,28,29,31). The smallest absolute Gasteiger partial charge is 0.258 e. The van der Waals surface area contributed by atoms with Gasteiger partial charge in [-0.1, -0.05) is 12.1 Å². The van der Waals surface area contributed by atoms with Crippen LogP contribution in [0.1, 0.15) is 16.8 Å². The highest BCUT2D eigenvalue weighted by molar-refractivity contribution is 6.07. The van der Waals surface area contributed by atoms with Crippen LogP contribution in [0.15, 0.2) is 61.1 Å². The normalized spacial score (nSPS) is 15.6. The van der Waals surface area contributed by atoms with Crippen molar-refractivity contribution in [1.82, 2.24) is 25.3 Å². The van der Waals surface area contributed by atoms with Crippen molar-refractivity contribution < 1.29 is 4.79 Å². The first-order valence-electron chi connectivity index (χ1n) is 10.4. The fraction of sp³-hybridized carbons (Fsp3) is 0.174. The molecule has 9 nitrogen and oxygen atoms in total. The van der Waals surface area contributed by atoms with Crippen LogP contribution in [0.3, 0.4) is 0 Å². The number of carbonyl (C=O) groups is 1. The Morgan fingerprint density at radius 3 is 2.88 bits per heavy atom. The minimum absolute atomic E-state index is 0.303. The highest BCUT2D eigenvalue weighted by Crippen LogP contribution is 2.26. The Bertz CT molecular complexity index is 1290. The van der Waals surface area contributed by atoms with Crippen LogP contribution in [0.25, 0.3) is 22.3 Å². The third-order valence-electron chi connectivity index (χ3n) is 5.37. The summed E-state index contributed by atoms with van der Waals surface area (Å²) in [6.07, 6.45) is 6.10. The van der Waals surface area contributed by atoms with Gasteiger partial charge in [-0.2, -0.15) is 0 Å². The number of rotatable bonds is 5. The van der Waals surface area contributed by atoms with Gasteiger partial charge in [0.1, 0.15) is 11.6 Å². The second kappa shape index (κ2) is 8.56. The molecular weight excluding hydrogens is 404 g/mol. The average Bonchev–Trinajstić information content (AvgIpc) is 3.32. The van der Waals surface area contributed by atoms with E-state index >= 15 is 0 Å². The lowest BCUT2D eigenvalue weighted by Gasteiger charge is -2.15. The zero-order valence-electron chi connectivity index (χ0n) is 17.2. The molecule has 3 aromatic heterocycles. The summed E-state index contributed by atoms with van der Waals surface area (Å²) in [4.78, 5) is 30.6. The molecule has 1 aliphatic heterocycles. The third-order valence-corrected chi connectivity index (χ3v) is 5.37. The maximum absolute atomic E-state index is 12.6. The maximum atomic E-state index is 12.6. The van der Waals surface area contributed by atoms with Crippen LogP contribution in [0.5, 0.6) is 0 Å². The van der Waals surface area contributed by atoms with Gasteiger partial charge in [0.05, 0.1) is 17.3 Å². The summed E-state index contributed by atoms with van der Waals surface area (Å²) in [6.45, 7) is 1.87. The van der Waals surface area contributed by atoms with Crippen LogP contribution in [0, 0.1) is 0 Å². The van der Waals surface area contributed by atoms with Gasteiger partial charge in [-0.05, 0) is 43.3 Å². The van der Waals surface area contributed by atoms with Crippen molar-refractivity contribution in [3.05, 3.63) is 66.6 Å². The van der Waals surface area contributed by atoms with Crippen molar-refractivity contribution in [2.45, 2.75) is 12.5 Å². The van der Waals surface area contributed by atoms with E-state index in [0.29, 0.717) is 28.9 Å². The molecule has 1 fully saturated rings. The summed E-state index contributed by atoms with van der Waals surface area (Å²) < 4.78 is 0. The predicted octanol–water partition coefficient (Wildman–Crippen LogP) is 2.70. The highest BCUT2D eigenvalue weighted by Gasteiger charge is 2.18. The number of pyridine rings is 2. The van der Waals surface area contributed by atoms with Crippen LogP contribution in [-0.2, 0) is 0 Å². The Morgan fingerprint density at radius 1 is 1.12 bits per heavy atom. The molecule has 9 heteroatoms. The minimum atomic E-state index is -0.326. The van der Waals surface area contributed by atoms with Gasteiger partial charge in [-0.25, -0.2) is 15.0 Å². The van der Waals surface area contributed by atoms with Crippen LogP contribution >= 0.6 is 0 Å². The van der Waals surface area contributed by atoms with Gasteiger partial charge in [0.2, 0.25) is 0 Å². The number of anilines is 3. The lowest BCUT2D eigenvalue weighted by molar-refractivity contribution is 0.102. The van der Waals surface area contributed by atoms with Gasteiger partial charge in [0.25, 0.3) is 5.91 Å². The number of fused-ring (bicyclic) bond motifs is 1. The summed E-state index contributed by atoms with van der Waals surface area (Å²) >= 11 is 0. The van der Waals surface area contributed by atoms with E-state index in [4.69, 9.17) is 10.7 Å². The molecule has 1 aliphatic rings. The Labute approximate surface area is 184 Å². The molecule has 0 aliphatic carbocycles. The molecule has 1 saturated heterocycles. The molecule has 1 unspecified atom stereocenters. The number of carbonyl (C=O) groups excluding carboxylic acids is 1. The zero-order chi connectivity index (χ0) is 21.9. The van der Waals surface area contributed by atoms with Crippen LogP contribution in [0.2, 0.25) is 0 Å². The predicted molar refractivity (Wildman–Crippen MR) is 124 cm³/mol. The zero-order valence-corrected chi connectivity index (χ0v) is 17.2. The van der Waals surface area contributed by atoms with Crippen molar-refractivity contribution in [1.29, 1.82) is 0 Å². The second-order valence-electron chi connectivity index (χ2n) is 7.59. The van der Waals surface area contributed by atoms with Gasteiger partial charge in [-0.3, -0.25) is 9.78 Å². The summed E-state index contributed by atoms with van der Waals surface area (Å²) in [5.41, 5.74) is 8.19. The number of aromatic nitrogens is 4. The van der Waals surface area contributed by atoms with Crippen LogP contribution < -0.4 is 21.7 Å². The third kappa shape index (κ3) is 4.06. The molecule has 0 spiro atoms. The fourth-order valence-corrected chi connectivity index (χ4v) is 3.72. The van der Waals surface area contributed by atoms with E-state index in [0.717, 1.165) is 41.8 Å². The van der Waals surface area contributed by atoms with E-state index in [1.807, 2.05) is 12.1 Å². The first kappa shape index (κ1) is 19.8. The number of benzene rings is 1. The van der Waals surface area contributed by atoms with Crippen LogP contribution in [-0.4, -0.2) is 45.0 Å². The molecule has 0 radical (unpaired) electrons. The Morgan fingerprint density at radius 2 is 2.03 bits per heavy atom. The summed E-state index contributed by atoms with van der Waals surface area (Å²) in [7, 11) is 0. The number of para-hydroxylation sites is 1. The van der Waals surface area contributed by atoms with E-state index in [9.17, 15) is 4.79 Å². The molecule has 160 valence electrons. The molecule has 0 saturated carbocycles. The SMILES string of the molecule is Nc1ccccc1C(=O)Nc1cc(-c2nc(NC3CCNC3)c3ccncc3n2)ccn1. The van der Waals surface area contributed by atoms with Crippen molar-refractivity contribution in [2.24, 2.45) is 0 Å². The number of hydrogen-bond donors (Lipinski definition) is 4. The number of nitrogen functional groups attached to an aromatic ring is 1. The van der Waals surface area contributed by atoms with Crippen molar-refractivity contribution in [2.75, 3.05) is 29.5 Å². The molecule has 5 N–H and O–H groups in total. The summed E-state index contributed by atoms with van der Waals surface area (Å²) in [5.74, 6) is 1.35. The summed E-state index contributed by atoms with van der Waals surface area (Å²) in [5, 5.41) is 10.6. The van der Waals surface area contributed by atoms with Crippen molar-refractivity contribution in [3.8, 4) is 11.4 Å². The monoisotopic (exact) mass is 426 g/mol. The largest absolute Gasteiger partial charge is 0.398 e. The van der Waals surface area contributed by atoms with E-state index in [1.54, 1.807) is 48.9 Å². The summed E-state index contributed by atoms with van der Waals surface area (Å²) in [6, 6.07) is 12.7. The average molecular weight is 426 g/mol. The van der Waals surface area contributed by atoms with E-state index in [2.05, 4.69) is 30.9 Å². The number of amides is 1. The van der Waals surface area contributed by atoms with Gasteiger partial charge >= 0.3 is 0 Å². The Kier molecular flexibility index (Phi) is 5.30. The fourth-order valence-electron chi connectivity index (χ4n) is 3.72. The van der Waals surface area contributed by atoms with Crippen molar-refractivity contribution in [3.63, 3.8) is 0 Å². The molecule has 1 aromatic carbocycles. The quantitative estimate of drug-likeness (QED) is 0.358. The molecular formula is C23H22N8O. The van der Waals surface area contributed by atoms with Gasteiger partial charge in [0, 0.05) is 41.6 Å². The first-order chi connectivity index (χ1) is 15.7. The Hall–Kier alpha value is -4.11. The molecule has 0 bridgehead atoms. The molecule has 1 atom stereocenters.